The van der Waals surface area contributed by atoms with Crippen molar-refractivity contribution in [2.75, 3.05) is 23.7 Å². The van der Waals surface area contributed by atoms with Gasteiger partial charge in [0.25, 0.3) is 0 Å². The first-order valence-electron chi connectivity index (χ1n) is 21.8. The molecule has 2 aromatic rings. The Bertz CT molecular complexity index is 2830. The molecule has 4 atom stereocenters. The van der Waals surface area contributed by atoms with E-state index in [0.29, 0.717) is 26.2 Å². The van der Waals surface area contributed by atoms with Crippen molar-refractivity contribution >= 4 is 930 Å². The fraction of sp³-hybridized carbons (Fsp3) is 0.483. The van der Waals surface area contributed by atoms with E-state index in [-0.39, 0.29) is 137 Å². The summed E-state index contributed by atoms with van der Waals surface area (Å²) in [6, 6.07) is 4.28. The third-order valence-corrected chi connectivity index (χ3v) is 4220. The molecule has 4 rings (SSSR count). The average molecular weight is 8440 g/mol. The maximum Gasteiger partial charge on any atom is -0.197 e. The summed E-state index contributed by atoms with van der Waals surface area (Å²) in [6.07, 6.45) is 0.750. The topological polar surface area (TPSA) is 99.8 Å². The van der Waals surface area contributed by atoms with Gasteiger partial charge >= 0.3 is 810 Å². The summed E-state index contributed by atoms with van der Waals surface area (Å²) in [5, 5.41) is 8.35. The molecule has 0 radical (unpaired) electrons. The maximum atomic E-state index is 13.4. The summed E-state index contributed by atoms with van der Waals surface area (Å²) in [5.74, 6) is -5.14. The van der Waals surface area contributed by atoms with Crippen LogP contribution in [-0.2, 0) is 14.3 Å². The van der Waals surface area contributed by atoms with E-state index in [1.54, 1.807) is 27.7 Å². The number of carbonyl (C=O) groups is 3. The van der Waals surface area contributed by atoms with Crippen LogP contribution < -0.4 is 29.2 Å². The first-order valence-corrected chi connectivity index (χ1v) is 382. The summed E-state index contributed by atoms with van der Waals surface area (Å²) in [5.41, 5.74) is -0.210. The Morgan fingerprint density at radius 3 is 0.917 bits per heavy atom. The van der Waals surface area contributed by atoms with E-state index in [1.807, 2.05) is 6.92 Å². The van der Waals surface area contributed by atoms with Gasteiger partial charge in [-0.3, -0.25) is 9.59 Å². The van der Waals surface area contributed by atoms with Gasteiger partial charge in [0.05, 0.1) is 20.8 Å². The van der Waals surface area contributed by atoms with Crippen molar-refractivity contribution < 1.29 is 49.9 Å². The van der Waals surface area contributed by atoms with Crippen LogP contribution in [0.1, 0.15) is 47.5 Å². The Morgan fingerprint density at radius 1 is 0.444 bits per heavy atom. The fourth-order valence-electron chi connectivity index (χ4n) is 5.54. The second-order valence-corrected chi connectivity index (χ2v) is 1350. The number of nitrogens with one attached hydrogen (secondary N) is 3. The fourth-order valence-corrected chi connectivity index (χ4v) is 9860. The standard InChI is InChI=1S/C17H21BrF2N2O3.C12H13BrF2N2O.2ClH.I30.I29.4H2S/c1-9-11(5-6-22(9)16(24)25-17(2,3)4)15(23)21-10-7-12(18)14(20)13(19)8-10;1-6-8(2-3-16-6)12(18)17-7-4-9(13)11(15)10(14)5-7;;;1-17(2)19(5)21(7)23(9)25(11)27(13)29(15)30(16)28(14)26(12)24(10)22(8)20(6)18(3)4;1-16-18(4)20(6)22(8)24(10)26(12)28(14)29(15)27(13)25(11)23(9)21(7)19(5)17(2)3;;;;/h7-9,11H,5-6H2,1-4H3,(H,21,23);4-6,8,16H,2-3H2,1H3,(H,17,18);2*1H;;;4*1H2/q;;;;;-1;;;;/t9-,11-;6-,8-;;;;;;;;/m00......../s1. The van der Waals surface area contributed by atoms with Gasteiger partial charge in [-0.1, -0.05) is 0 Å². The molecule has 0 spiro atoms. The molecule has 2 saturated heterocycles. The van der Waals surface area contributed by atoms with Crippen LogP contribution >= 0.6 is 901 Å². The number of halogens is 67. The monoisotopic (exact) mass is 8430 g/mol. The molecule has 0 saturated carbocycles. The molecule has 2 aliphatic heterocycles. The zero-order valence-electron chi connectivity index (χ0n) is 49.4. The number of hydrogen-bond acceptors (Lipinski definition) is 5. The molecule has 3 amide bonds. The molecule has 2 aromatic carbocycles. The number of rotatable bonds is 30. The first kappa shape index (κ1) is 161. The normalized spacial score (nSPS) is 18.6. The second kappa shape index (κ2) is 90.7. The van der Waals surface area contributed by atoms with Crippen molar-refractivity contribution in [1.82, 2.24) is 10.2 Å². The van der Waals surface area contributed by atoms with Gasteiger partial charge in [-0.15, -0.1) is 24.8 Å². The molecule has 2 fully saturated rings. The molecule has 8 nitrogen and oxygen atoms in total. The predicted molar refractivity (Wildman–Crippen MR) is 1030 cm³/mol. The number of nitrogens with zero attached hydrogens (tertiary/aromatic N) is 1. The minimum Gasteiger partial charge on any atom is -0.197 e. The van der Waals surface area contributed by atoms with Crippen LogP contribution in [0.3, 0.4) is 0 Å². The molecule has 698 valence electrons. The number of hydrogen-bond donors (Lipinski definition) is 3. The van der Waals surface area contributed by atoms with Crippen molar-refractivity contribution in [2.45, 2.75) is 65.1 Å². The van der Waals surface area contributed by atoms with Crippen LogP contribution in [0.4, 0.5) is 33.7 Å². The minimum absolute atomic E-state index is 0. The quantitative estimate of drug-likeness (QED) is 0.0411. The van der Waals surface area contributed by atoms with Gasteiger partial charge in [0.15, 0.2) is 23.3 Å². The summed E-state index contributed by atoms with van der Waals surface area (Å²) >= 11 is 104. The van der Waals surface area contributed by atoms with Crippen LogP contribution in [0, 0.1) is 35.1 Å². The van der Waals surface area contributed by atoms with E-state index in [1.165, 1.54) is 17.0 Å². The van der Waals surface area contributed by atoms with Crippen molar-refractivity contribution in [2.24, 2.45) is 11.8 Å². The zero-order chi connectivity index (χ0) is 79.5. The molecule has 108 heavy (non-hydrogen) atoms. The molecule has 3 N–H and O–H groups in total. The number of anilines is 2. The number of benzene rings is 2. The maximum absolute atomic E-state index is 13.4. The molecule has 79 heteroatoms. The third kappa shape index (κ3) is 64.0. The first-order chi connectivity index (χ1) is 46.7. The van der Waals surface area contributed by atoms with E-state index < -0.39 is 246 Å². The van der Waals surface area contributed by atoms with Crippen LogP contribution in [0.2, 0.25) is 0 Å². The number of ether oxygens (including phenoxy) is 1. The van der Waals surface area contributed by atoms with Crippen LogP contribution in [0.25, 0.3) is 0 Å². The van der Waals surface area contributed by atoms with E-state index >= 15 is 0 Å². The molecule has 0 bridgehead atoms. The average Bonchev–Trinajstić information content (AvgIpc) is 1.83. The molecule has 0 unspecified atom stereocenters. The van der Waals surface area contributed by atoms with E-state index in [2.05, 4.69) is 625 Å². The summed E-state index contributed by atoms with van der Waals surface area (Å²) < 4.78 is 58.2. The molecule has 0 aliphatic carbocycles. The van der Waals surface area contributed by atoms with Gasteiger partial charge in [-0.2, -0.15) is 54.0 Å². The van der Waals surface area contributed by atoms with Crippen molar-refractivity contribution in [1.29, 1.82) is 0 Å². The van der Waals surface area contributed by atoms with E-state index in [4.69, 9.17) is 4.74 Å². The van der Waals surface area contributed by atoms with Gasteiger partial charge < -0.3 is 25.6 Å². The van der Waals surface area contributed by atoms with Gasteiger partial charge in [0, 0.05) is 42.1 Å². The third-order valence-electron chi connectivity index (χ3n) is 9.17. The van der Waals surface area contributed by atoms with Crippen LogP contribution in [0.15, 0.2) is 33.2 Å². The molecule has 2 heterocycles. The Balaban J connectivity index is -0.000000319. The van der Waals surface area contributed by atoms with Crippen molar-refractivity contribution in [3.63, 3.8) is 0 Å². The molecule has 2 aliphatic rings. The van der Waals surface area contributed by atoms with Crippen molar-refractivity contribution in [3.8, 4) is 0 Å². The largest absolute Gasteiger partial charge is 0.197 e. The summed E-state index contributed by atoms with van der Waals surface area (Å²) in [4.78, 5) is 38.1. The Morgan fingerprint density at radius 2 is 0.694 bits per heavy atom. The SMILES string of the molecule is C[C@@H]1NCC[C@@H]1C(=O)Nc1cc(F)c(F)c(Br)c1.C[C@H]1[C@@H](C(=O)Nc2cc(F)c(F)c(Br)c2)CCN1C(=O)OC(C)(C)C.Cl.Cl.II(I)I(I)I(I)I(I)I(I)I(I)I(I)I(I)I(I)I(I)I(I)I(I)I(I)I(I)I.I[I-]I(I)I(I)I(I)I(I)I(I)I(I)I(I)I(I)I(I)I(I)I(I)I(I)I(I)I.S.S.S.S. The molecule has 0 aromatic heterocycles. The molecular weight excluding hydrogens is 8390 g/mol. The van der Waals surface area contributed by atoms with Crippen LogP contribution in [0.5, 0.6) is 0 Å². The Hall–Kier alpha value is 42.3. The van der Waals surface area contributed by atoms with E-state index in [9.17, 15) is 31.9 Å². The van der Waals surface area contributed by atoms with Gasteiger partial charge in [-0.05, 0) is 98.0 Å². The predicted octanol–water partition coefficient (Wildman–Crippen LogP) is 56.6. The zero-order valence-corrected chi connectivity index (χ0v) is 186. The van der Waals surface area contributed by atoms with Gasteiger partial charge in [0.2, 0.25) is 11.8 Å². The smallest absolute Gasteiger partial charge is 0.197 e. The number of carbonyl (C=O) groups excluding carboxylic acids is 3. The Labute approximate surface area is 1100 Å². The van der Waals surface area contributed by atoms with Gasteiger partial charge in [0.1, 0.15) is 5.60 Å². The van der Waals surface area contributed by atoms with E-state index in [0.717, 1.165) is 25.1 Å². The number of likely N-dealkylation sites (tertiary alicyclic amines) is 1. The van der Waals surface area contributed by atoms with Gasteiger partial charge in [-0.25, -0.2) is 22.4 Å². The summed E-state index contributed by atoms with van der Waals surface area (Å²) in [7, 11) is -12.3. The van der Waals surface area contributed by atoms with Crippen molar-refractivity contribution in [3.05, 3.63) is 56.5 Å². The Kier molecular flexibility index (Phi) is 135. The number of amides is 3. The minimum atomic E-state index is -1.06. The summed E-state index contributed by atoms with van der Waals surface area (Å²) in [6.45, 7) is 10.2. The van der Waals surface area contributed by atoms with Crippen LogP contribution in [-0.4, -0.2) is 53.6 Å². The molecular formula is C29H44Br2Cl2F4I59N4O4S4-. The second-order valence-electron chi connectivity index (χ2n) is 15.9.